The van der Waals surface area contributed by atoms with Crippen LogP contribution in [0, 0.1) is 5.41 Å². The number of alkyl halides is 3. The number of halogens is 3. The van der Waals surface area contributed by atoms with Gasteiger partial charge in [0.1, 0.15) is 22.5 Å². The lowest BCUT2D eigenvalue weighted by atomic mass is 9.76. The number of benzene rings is 3. The van der Waals surface area contributed by atoms with Crippen LogP contribution in [0.5, 0.6) is 5.75 Å². The lowest BCUT2D eigenvalue weighted by molar-refractivity contribution is -0.137. The van der Waals surface area contributed by atoms with Crippen molar-refractivity contribution >= 4 is 11.0 Å². The van der Waals surface area contributed by atoms with E-state index in [2.05, 4.69) is 31.0 Å². The van der Waals surface area contributed by atoms with E-state index in [1.165, 1.54) is 10.9 Å². The zero-order valence-corrected chi connectivity index (χ0v) is 22.9. The lowest BCUT2D eigenvalue weighted by Gasteiger charge is -2.28. The van der Waals surface area contributed by atoms with Crippen LogP contribution >= 0.6 is 0 Å². The van der Waals surface area contributed by atoms with Crippen molar-refractivity contribution in [2.75, 3.05) is 0 Å². The van der Waals surface area contributed by atoms with Crippen LogP contribution in [0.2, 0.25) is 0 Å². The monoisotopic (exact) mass is 537 g/mol. The lowest BCUT2D eigenvalue weighted by Crippen LogP contribution is -2.21. The Kier molecular flexibility index (Phi) is 6.74. The maximum absolute atomic E-state index is 13.3. The second-order valence-corrected chi connectivity index (χ2v) is 11.7. The molecule has 1 aromatic heterocycles. The molecule has 1 N–H and O–H groups in total. The van der Waals surface area contributed by atoms with Crippen molar-refractivity contribution < 1.29 is 23.0 Å². The highest BCUT2D eigenvalue weighted by molar-refractivity contribution is 5.75. The smallest absolute Gasteiger partial charge is 0.416 e. The first-order valence-electron chi connectivity index (χ1n) is 13.3. The Morgan fingerprint density at radius 2 is 1.59 bits per heavy atom. The summed E-state index contributed by atoms with van der Waals surface area (Å²) >= 11 is 0. The van der Waals surface area contributed by atoms with Gasteiger partial charge in [0.15, 0.2) is 0 Å². The zero-order chi connectivity index (χ0) is 28.2. The Bertz CT molecular complexity index is 1490. The molecule has 5 nitrogen and oxygen atoms in total. The highest BCUT2D eigenvalue weighted by Gasteiger charge is 2.48. The Balaban J connectivity index is 1.56. The van der Waals surface area contributed by atoms with Gasteiger partial charge in [-0.1, -0.05) is 71.0 Å². The van der Waals surface area contributed by atoms with E-state index in [1.54, 1.807) is 0 Å². The van der Waals surface area contributed by atoms with Crippen molar-refractivity contribution in [3.05, 3.63) is 82.9 Å². The molecule has 1 fully saturated rings. The molecule has 0 bridgehead atoms. The molecular weight excluding hydrogens is 503 g/mol. The van der Waals surface area contributed by atoms with Crippen molar-refractivity contribution in [1.29, 1.82) is 0 Å². The number of aryl methyl sites for hydroxylation is 1. The van der Waals surface area contributed by atoms with E-state index in [9.17, 15) is 18.3 Å². The minimum Gasteiger partial charge on any atom is -0.505 e. The molecule has 8 heteroatoms. The van der Waals surface area contributed by atoms with E-state index in [-0.39, 0.29) is 28.9 Å². The molecule has 2 unspecified atom stereocenters. The van der Waals surface area contributed by atoms with Gasteiger partial charge in [0.2, 0.25) is 0 Å². The third kappa shape index (κ3) is 5.26. The fraction of sp³-hybridized carbons (Fsp3) is 0.419. The molecular formula is C31H34F3N3O2. The molecule has 5 rings (SSSR count). The minimum atomic E-state index is -4.48. The number of rotatable bonds is 8. The quantitative estimate of drug-likeness (QED) is 0.235. The van der Waals surface area contributed by atoms with Crippen molar-refractivity contribution in [3.63, 3.8) is 0 Å². The molecule has 206 valence electrons. The van der Waals surface area contributed by atoms with Gasteiger partial charge in [-0.2, -0.15) is 13.2 Å². The first-order valence-corrected chi connectivity index (χ1v) is 13.3. The largest absolute Gasteiger partial charge is 0.505 e. The molecule has 0 amide bonds. The summed E-state index contributed by atoms with van der Waals surface area (Å²) in [6.45, 7) is 10.7. The molecule has 0 saturated carbocycles. The van der Waals surface area contributed by atoms with Gasteiger partial charge in [-0.3, -0.25) is 0 Å². The Hall–Kier alpha value is -3.39. The van der Waals surface area contributed by atoms with Crippen LogP contribution in [0.25, 0.3) is 16.7 Å². The molecule has 39 heavy (non-hydrogen) atoms. The highest BCUT2D eigenvalue weighted by Crippen LogP contribution is 2.44. The average molecular weight is 538 g/mol. The Labute approximate surface area is 226 Å². The number of hydrogen-bond donors (Lipinski definition) is 1. The summed E-state index contributed by atoms with van der Waals surface area (Å²) in [6, 6.07) is 17.0. The van der Waals surface area contributed by atoms with Crippen molar-refractivity contribution in [2.45, 2.75) is 77.7 Å². The maximum Gasteiger partial charge on any atom is 0.416 e. The molecule has 4 aromatic rings. The van der Waals surface area contributed by atoms with Gasteiger partial charge < -0.3 is 9.84 Å². The van der Waals surface area contributed by atoms with Crippen LogP contribution in [0.15, 0.2) is 60.7 Å². The van der Waals surface area contributed by atoms with Gasteiger partial charge in [-0.15, -0.1) is 15.0 Å². The van der Waals surface area contributed by atoms with Crippen molar-refractivity contribution in [1.82, 2.24) is 15.0 Å². The zero-order valence-electron chi connectivity index (χ0n) is 22.9. The number of fused-ring (bicyclic) bond motifs is 1. The normalized spacial score (nSPS) is 18.1. The molecule has 2 heterocycles. The van der Waals surface area contributed by atoms with E-state index in [0.29, 0.717) is 23.2 Å². The SMILES string of the molecule is CCC(C)(C)C1OC1CCc1cc(-n2nc3ccc(C(F)(F)F)cc3n2)c(O)c(C(C)(C)c2ccccc2)c1. The summed E-state index contributed by atoms with van der Waals surface area (Å²) in [5, 5.41) is 20.3. The number of aromatic hydroxyl groups is 1. The molecule has 0 aliphatic carbocycles. The van der Waals surface area contributed by atoms with Crippen LogP contribution in [0.4, 0.5) is 13.2 Å². The molecule has 0 radical (unpaired) electrons. The van der Waals surface area contributed by atoms with E-state index in [0.717, 1.165) is 36.1 Å². The first kappa shape index (κ1) is 27.2. The van der Waals surface area contributed by atoms with Crippen LogP contribution in [0.1, 0.15) is 69.7 Å². The second kappa shape index (κ2) is 9.66. The number of aromatic nitrogens is 3. The highest BCUT2D eigenvalue weighted by atomic mass is 19.4. The van der Waals surface area contributed by atoms with Crippen molar-refractivity contribution in [2.24, 2.45) is 5.41 Å². The summed E-state index contributed by atoms with van der Waals surface area (Å²) in [4.78, 5) is 1.24. The molecule has 1 aliphatic rings. The van der Waals surface area contributed by atoms with E-state index in [1.807, 2.05) is 56.3 Å². The minimum absolute atomic E-state index is 0.00313. The van der Waals surface area contributed by atoms with Gasteiger partial charge in [0.05, 0.1) is 17.8 Å². The molecule has 2 atom stereocenters. The van der Waals surface area contributed by atoms with Crippen LogP contribution < -0.4 is 0 Å². The summed E-state index contributed by atoms with van der Waals surface area (Å²) in [6.07, 6.45) is -1.52. The summed E-state index contributed by atoms with van der Waals surface area (Å²) < 4.78 is 45.9. The van der Waals surface area contributed by atoms with Crippen LogP contribution in [-0.4, -0.2) is 32.3 Å². The Morgan fingerprint density at radius 1 is 0.897 bits per heavy atom. The third-order valence-electron chi connectivity index (χ3n) is 8.22. The number of nitrogens with zero attached hydrogens (tertiary/aromatic N) is 3. The van der Waals surface area contributed by atoms with E-state index >= 15 is 0 Å². The predicted molar refractivity (Wildman–Crippen MR) is 145 cm³/mol. The standard InChI is InChI=1S/C31H34F3N3O2/c1-6-29(2,3)28-26(39-28)15-12-19-16-22(30(4,5)20-10-8-7-9-11-20)27(38)25(17-19)37-35-23-14-13-21(31(32,33)34)18-24(23)36-37/h7-11,13-14,16-18,26,28,38H,6,12,15H2,1-5H3. The predicted octanol–water partition coefficient (Wildman–Crippen LogP) is 7.61. The van der Waals surface area contributed by atoms with E-state index in [4.69, 9.17) is 4.74 Å². The van der Waals surface area contributed by atoms with Crippen LogP contribution in [-0.2, 0) is 22.7 Å². The van der Waals surface area contributed by atoms with Gasteiger partial charge >= 0.3 is 6.18 Å². The fourth-order valence-corrected chi connectivity index (χ4v) is 5.22. The summed E-state index contributed by atoms with van der Waals surface area (Å²) in [7, 11) is 0. The maximum atomic E-state index is 13.3. The number of hydrogen-bond acceptors (Lipinski definition) is 4. The molecule has 3 aromatic carbocycles. The van der Waals surface area contributed by atoms with Crippen molar-refractivity contribution in [3.8, 4) is 11.4 Å². The topological polar surface area (TPSA) is 63.5 Å². The fourth-order valence-electron chi connectivity index (χ4n) is 5.22. The van der Waals surface area contributed by atoms with Gasteiger partial charge in [-0.25, -0.2) is 0 Å². The third-order valence-corrected chi connectivity index (χ3v) is 8.22. The number of ether oxygens (including phenoxy) is 1. The average Bonchev–Trinajstić information content (AvgIpc) is 3.58. The van der Waals surface area contributed by atoms with Gasteiger partial charge in [-0.05, 0) is 60.1 Å². The molecule has 1 aliphatic heterocycles. The summed E-state index contributed by atoms with van der Waals surface area (Å²) in [5.74, 6) is -0.00313. The van der Waals surface area contributed by atoms with E-state index < -0.39 is 17.2 Å². The number of phenolic OH excluding ortho intramolecular Hbond substituents is 1. The first-order chi connectivity index (χ1) is 18.3. The van der Waals surface area contributed by atoms with Crippen LogP contribution in [0.3, 0.4) is 0 Å². The second-order valence-electron chi connectivity index (χ2n) is 11.7. The molecule has 1 saturated heterocycles. The van der Waals surface area contributed by atoms with Gasteiger partial charge in [0, 0.05) is 11.0 Å². The Morgan fingerprint density at radius 3 is 2.26 bits per heavy atom. The molecule has 0 spiro atoms. The summed E-state index contributed by atoms with van der Waals surface area (Å²) in [5.41, 5.74) is 2.20. The number of epoxide rings is 1. The van der Waals surface area contributed by atoms with Gasteiger partial charge in [0.25, 0.3) is 0 Å². The number of phenols is 1.